The zero-order valence-corrected chi connectivity index (χ0v) is 8.66. The van der Waals surface area contributed by atoms with Crippen molar-refractivity contribution in [1.29, 1.82) is 0 Å². The molecular weight excluding hydrogens is 204 g/mol. The third-order valence-electron chi connectivity index (χ3n) is 1.84. The summed E-state index contributed by atoms with van der Waals surface area (Å²) in [6, 6.07) is 3.62. The maximum atomic E-state index is 13.1. The average Bonchev–Trinajstić information content (AvgIpc) is 2.15. The van der Waals surface area contributed by atoms with E-state index < -0.39 is 11.6 Å². The topological polar surface area (TPSA) is 12.0 Å². The van der Waals surface area contributed by atoms with E-state index in [1.54, 1.807) is 0 Å². The number of hydrogen-bond donors (Lipinski definition) is 2. The second kappa shape index (κ2) is 5.98. The molecule has 0 spiro atoms. The lowest BCUT2D eigenvalue weighted by atomic mass is 10.2. The molecule has 0 atom stereocenters. The van der Waals surface area contributed by atoms with Gasteiger partial charge in [0.2, 0.25) is 0 Å². The molecule has 1 aromatic rings. The highest BCUT2D eigenvalue weighted by Gasteiger charge is 2.02. The van der Waals surface area contributed by atoms with E-state index in [1.807, 2.05) is 0 Å². The second-order valence-corrected chi connectivity index (χ2v) is 3.44. The van der Waals surface area contributed by atoms with Crippen LogP contribution in [0.2, 0.25) is 0 Å². The molecule has 1 nitrogen and oxygen atoms in total. The van der Waals surface area contributed by atoms with Gasteiger partial charge in [-0.05, 0) is 24.8 Å². The van der Waals surface area contributed by atoms with E-state index in [0.717, 1.165) is 24.8 Å². The number of halogens is 2. The van der Waals surface area contributed by atoms with E-state index in [2.05, 4.69) is 17.9 Å². The smallest absolute Gasteiger partial charge is 0.130 e. The molecule has 0 heterocycles. The van der Waals surface area contributed by atoms with E-state index in [4.69, 9.17) is 0 Å². The largest absolute Gasteiger partial charge is 0.313 e. The quantitative estimate of drug-likeness (QED) is 0.570. The van der Waals surface area contributed by atoms with E-state index in [-0.39, 0.29) is 0 Å². The van der Waals surface area contributed by atoms with Crippen LogP contribution >= 0.6 is 12.6 Å². The van der Waals surface area contributed by atoms with Crippen LogP contribution in [0.1, 0.15) is 12.0 Å². The molecule has 78 valence electrons. The normalized spacial score (nSPS) is 10.5. The Bertz CT molecular complexity index is 291. The fourth-order valence-corrected chi connectivity index (χ4v) is 1.25. The summed E-state index contributed by atoms with van der Waals surface area (Å²) in [7, 11) is 0. The van der Waals surface area contributed by atoms with Gasteiger partial charge in [0.25, 0.3) is 0 Å². The molecule has 0 aliphatic carbocycles. The lowest BCUT2D eigenvalue weighted by molar-refractivity contribution is 0.560. The average molecular weight is 217 g/mol. The minimum Gasteiger partial charge on any atom is -0.313 e. The van der Waals surface area contributed by atoms with Crippen molar-refractivity contribution in [2.75, 3.05) is 12.3 Å². The van der Waals surface area contributed by atoms with E-state index in [1.165, 1.54) is 12.1 Å². The van der Waals surface area contributed by atoms with Gasteiger partial charge in [-0.2, -0.15) is 12.6 Å². The Morgan fingerprint density at radius 2 is 2.07 bits per heavy atom. The molecule has 0 fully saturated rings. The second-order valence-electron chi connectivity index (χ2n) is 2.99. The monoisotopic (exact) mass is 217 g/mol. The van der Waals surface area contributed by atoms with Gasteiger partial charge in [0, 0.05) is 18.2 Å². The predicted octanol–water partition coefficient (Wildman–Crippen LogP) is 2.37. The molecule has 0 aromatic heterocycles. The first-order chi connectivity index (χ1) is 6.74. The van der Waals surface area contributed by atoms with Crippen LogP contribution in [0.15, 0.2) is 18.2 Å². The van der Waals surface area contributed by atoms with Gasteiger partial charge < -0.3 is 5.32 Å². The molecule has 0 aliphatic heterocycles. The Morgan fingerprint density at radius 3 is 2.71 bits per heavy atom. The van der Waals surface area contributed by atoms with Gasteiger partial charge in [-0.25, -0.2) is 8.78 Å². The first-order valence-electron chi connectivity index (χ1n) is 4.49. The number of thiol groups is 1. The Hall–Kier alpha value is -0.610. The van der Waals surface area contributed by atoms with Crippen LogP contribution in [-0.2, 0) is 6.54 Å². The van der Waals surface area contributed by atoms with Gasteiger partial charge in [-0.15, -0.1) is 0 Å². The molecule has 0 radical (unpaired) electrons. The summed E-state index contributed by atoms with van der Waals surface area (Å²) in [4.78, 5) is 0. The third kappa shape index (κ3) is 3.64. The molecular formula is C10H13F2NS. The summed E-state index contributed by atoms with van der Waals surface area (Å²) in [5.41, 5.74) is 0.491. The Labute approximate surface area is 87.9 Å². The lowest BCUT2D eigenvalue weighted by Gasteiger charge is -2.04. The number of benzene rings is 1. The Morgan fingerprint density at radius 1 is 1.29 bits per heavy atom. The van der Waals surface area contributed by atoms with Crippen molar-refractivity contribution in [3.63, 3.8) is 0 Å². The van der Waals surface area contributed by atoms with Crippen molar-refractivity contribution >= 4 is 12.6 Å². The Kier molecular flexibility index (Phi) is 4.90. The maximum absolute atomic E-state index is 13.1. The van der Waals surface area contributed by atoms with E-state index in [9.17, 15) is 8.78 Å². The highest BCUT2D eigenvalue weighted by molar-refractivity contribution is 7.80. The maximum Gasteiger partial charge on any atom is 0.130 e. The van der Waals surface area contributed by atoms with Crippen molar-refractivity contribution in [2.24, 2.45) is 0 Å². The van der Waals surface area contributed by atoms with E-state index >= 15 is 0 Å². The van der Waals surface area contributed by atoms with Crippen LogP contribution < -0.4 is 5.32 Å². The van der Waals surface area contributed by atoms with Crippen molar-refractivity contribution in [3.8, 4) is 0 Å². The highest BCUT2D eigenvalue weighted by atomic mass is 32.1. The SMILES string of the molecule is Fc1ccc(CNCCCS)c(F)c1. The van der Waals surface area contributed by atoms with Crippen LogP contribution in [0.5, 0.6) is 0 Å². The van der Waals surface area contributed by atoms with Crippen molar-refractivity contribution in [2.45, 2.75) is 13.0 Å². The molecule has 0 unspecified atom stereocenters. The van der Waals surface area contributed by atoms with Crippen LogP contribution in [-0.4, -0.2) is 12.3 Å². The first-order valence-corrected chi connectivity index (χ1v) is 5.13. The van der Waals surface area contributed by atoms with Gasteiger partial charge in [-0.3, -0.25) is 0 Å². The number of hydrogen-bond acceptors (Lipinski definition) is 2. The lowest BCUT2D eigenvalue weighted by Crippen LogP contribution is -2.16. The van der Waals surface area contributed by atoms with Crippen LogP contribution in [0.4, 0.5) is 8.78 Å². The van der Waals surface area contributed by atoms with Gasteiger partial charge in [0.1, 0.15) is 11.6 Å². The van der Waals surface area contributed by atoms with E-state index in [0.29, 0.717) is 12.1 Å². The van der Waals surface area contributed by atoms with Gasteiger partial charge >= 0.3 is 0 Å². The molecule has 0 amide bonds. The van der Waals surface area contributed by atoms with Crippen LogP contribution in [0, 0.1) is 11.6 Å². The molecule has 0 saturated heterocycles. The summed E-state index contributed by atoms with van der Waals surface area (Å²) in [6.07, 6.45) is 0.936. The fraction of sp³-hybridized carbons (Fsp3) is 0.400. The van der Waals surface area contributed by atoms with Gasteiger partial charge in [0.05, 0.1) is 0 Å². The summed E-state index contributed by atoms with van der Waals surface area (Å²) >= 11 is 4.05. The van der Waals surface area contributed by atoms with Crippen LogP contribution in [0.3, 0.4) is 0 Å². The van der Waals surface area contributed by atoms with Crippen molar-refractivity contribution < 1.29 is 8.78 Å². The summed E-state index contributed by atoms with van der Waals surface area (Å²) in [5.74, 6) is -0.233. The minimum atomic E-state index is -0.540. The van der Waals surface area contributed by atoms with Crippen molar-refractivity contribution in [1.82, 2.24) is 5.32 Å². The predicted molar refractivity (Wildman–Crippen MR) is 56.5 cm³/mol. The molecule has 14 heavy (non-hydrogen) atoms. The summed E-state index contributed by atoms with van der Waals surface area (Å²) < 4.78 is 25.6. The highest BCUT2D eigenvalue weighted by Crippen LogP contribution is 2.08. The number of rotatable bonds is 5. The summed E-state index contributed by atoms with van der Waals surface area (Å²) in [5, 5.41) is 3.05. The summed E-state index contributed by atoms with van der Waals surface area (Å²) in [6.45, 7) is 1.22. The number of nitrogens with one attached hydrogen (secondary N) is 1. The fourth-order valence-electron chi connectivity index (χ4n) is 1.09. The molecule has 0 saturated carbocycles. The molecule has 0 bridgehead atoms. The molecule has 1 rings (SSSR count). The van der Waals surface area contributed by atoms with Crippen molar-refractivity contribution in [3.05, 3.63) is 35.4 Å². The molecule has 1 N–H and O–H groups in total. The third-order valence-corrected chi connectivity index (χ3v) is 2.16. The Balaban J connectivity index is 2.42. The molecule has 4 heteroatoms. The van der Waals surface area contributed by atoms with Gasteiger partial charge in [0.15, 0.2) is 0 Å². The molecule has 1 aromatic carbocycles. The van der Waals surface area contributed by atoms with Crippen LogP contribution in [0.25, 0.3) is 0 Å². The zero-order valence-electron chi connectivity index (χ0n) is 7.76. The minimum absolute atomic E-state index is 0.430. The standard InChI is InChI=1S/C10H13F2NS/c11-9-3-2-8(10(12)6-9)7-13-4-1-5-14/h2-3,6,13-14H,1,4-5,7H2. The first kappa shape index (κ1) is 11.5. The molecule has 0 aliphatic rings. The zero-order chi connectivity index (χ0) is 10.4. The van der Waals surface area contributed by atoms with Gasteiger partial charge in [-0.1, -0.05) is 6.07 Å².